The van der Waals surface area contributed by atoms with Gasteiger partial charge in [-0.2, -0.15) is 10.5 Å². The molecule has 2 N–H and O–H groups in total. The Balaban J connectivity index is 1.49. The van der Waals surface area contributed by atoms with E-state index in [9.17, 15) is 20.1 Å². The third kappa shape index (κ3) is 5.18. The molecule has 254 valence electrons. The van der Waals surface area contributed by atoms with Crippen molar-refractivity contribution in [2.45, 2.75) is 10.8 Å². The molecule has 4 heterocycles. The highest BCUT2D eigenvalue weighted by Crippen LogP contribution is 2.53. The summed E-state index contributed by atoms with van der Waals surface area (Å²) in [7, 11) is 0. The molecule has 52 heavy (non-hydrogen) atoms. The molecular weight excluding hydrogens is 785 g/mol. The van der Waals surface area contributed by atoms with E-state index < -0.39 is 32.5 Å². The zero-order valence-electron chi connectivity index (χ0n) is 26.1. The number of aromatic amines is 2. The van der Waals surface area contributed by atoms with E-state index in [-0.39, 0.29) is 11.4 Å². The first kappa shape index (κ1) is 35.5. The average molecular weight is 803 g/mol. The molecule has 2 aromatic carbocycles. The quantitative estimate of drug-likeness (QED) is 0.201. The number of rotatable bonds is 6. The van der Waals surface area contributed by atoms with Gasteiger partial charge in [-0.05, 0) is 72.8 Å². The normalized spacial score (nSPS) is 22.7. The molecule has 14 heteroatoms. The average Bonchev–Trinajstić information content (AvgIpc) is 3.98. The zero-order valence-corrected chi connectivity index (χ0v) is 30.6. The summed E-state index contributed by atoms with van der Waals surface area (Å²) in [5, 5.41) is 22.0. The van der Waals surface area contributed by atoms with E-state index in [0.29, 0.717) is 65.1 Å². The zero-order chi connectivity index (χ0) is 36.9. The lowest BCUT2D eigenvalue weighted by atomic mass is 9.55. The predicted octanol–water partition coefficient (Wildman–Crippen LogP) is 9.82. The van der Waals surface area contributed by atoms with Crippen molar-refractivity contribution in [2.24, 2.45) is 9.98 Å². The number of aliphatic imine (C=N–C) groups is 2. The molecule has 3 aliphatic rings. The highest BCUT2D eigenvalue weighted by atomic mass is 35.5. The molecule has 0 bridgehead atoms. The van der Waals surface area contributed by atoms with Crippen molar-refractivity contribution in [2.75, 3.05) is 0 Å². The molecule has 7 rings (SSSR count). The lowest BCUT2D eigenvalue weighted by molar-refractivity contribution is -0.129. The minimum atomic E-state index is -2.61. The first-order chi connectivity index (χ1) is 25.0. The molecule has 0 fully saturated rings. The molecule has 2 aliphatic heterocycles. The van der Waals surface area contributed by atoms with Crippen LogP contribution >= 0.6 is 69.6 Å². The van der Waals surface area contributed by atoms with Crippen LogP contribution in [0.4, 0.5) is 0 Å². The summed E-state index contributed by atoms with van der Waals surface area (Å²) in [5.41, 5.74) is -2.23. The van der Waals surface area contributed by atoms with Gasteiger partial charge in [-0.1, -0.05) is 81.7 Å². The molecule has 0 spiro atoms. The van der Waals surface area contributed by atoms with Crippen LogP contribution in [0.1, 0.15) is 33.9 Å². The molecule has 0 saturated heterocycles. The smallest absolute Gasteiger partial charge is 0.204 e. The van der Waals surface area contributed by atoms with E-state index in [1.807, 2.05) is 12.1 Å². The van der Waals surface area contributed by atoms with Crippen molar-refractivity contribution < 1.29 is 9.59 Å². The minimum Gasteiger partial charge on any atom is -0.357 e. The summed E-state index contributed by atoms with van der Waals surface area (Å²) in [6.45, 7) is 0. The Kier molecular flexibility index (Phi) is 9.27. The number of hydrogen-bond acceptors (Lipinski definition) is 6. The van der Waals surface area contributed by atoms with Crippen LogP contribution in [0.2, 0.25) is 20.1 Å². The van der Waals surface area contributed by atoms with Crippen LogP contribution in [0.5, 0.6) is 0 Å². The van der Waals surface area contributed by atoms with Gasteiger partial charge in [0.25, 0.3) is 0 Å². The standard InChI is InChI=1S/C38H18Cl6N6O2/c39-19-5-1-6-20(40)29(19)31(23-9-3-15-47-23)25-11-13-27(49-25)37(17-45)35(51)33(43)34(44)36(52)38(37,18-46)28-14-12-26(50-28)32(24-10-4-16-48-24)30-21(41)7-2-8-22(30)42/h1-16,49-50H/b31-23+,32-24+/t37-,38-/m0/s1. The van der Waals surface area contributed by atoms with Gasteiger partial charge in [0, 0.05) is 57.5 Å². The monoisotopic (exact) mass is 800 g/mol. The Morgan fingerprint density at radius 1 is 0.577 bits per heavy atom. The van der Waals surface area contributed by atoms with E-state index >= 15 is 0 Å². The largest absolute Gasteiger partial charge is 0.357 e. The maximum Gasteiger partial charge on any atom is 0.204 e. The lowest BCUT2D eigenvalue weighted by Gasteiger charge is -2.41. The van der Waals surface area contributed by atoms with Crippen LogP contribution < -0.4 is 0 Å². The lowest BCUT2D eigenvalue weighted by Crippen LogP contribution is -2.60. The van der Waals surface area contributed by atoms with Crippen LogP contribution in [0.25, 0.3) is 11.1 Å². The topological polar surface area (TPSA) is 138 Å². The second-order valence-electron chi connectivity index (χ2n) is 11.6. The minimum absolute atomic E-state index is 0.133. The number of halogens is 6. The van der Waals surface area contributed by atoms with Crippen molar-refractivity contribution >= 4 is 105 Å². The van der Waals surface area contributed by atoms with Crippen LogP contribution in [0.15, 0.2) is 116 Å². The van der Waals surface area contributed by atoms with Crippen molar-refractivity contribution in [3.8, 4) is 12.1 Å². The molecule has 8 nitrogen and oxygen atoms in total. The molecule has 4 aromatic rings. The van der Waals surface area contributed by atoms with E-state index in [0.717, 1.165) is 0 Å². The van der Waals surface area contributed by atoms with Crippen molar-refractivity contribution in [3.63, 3.8) is 0 Å². The fourth-order valence-corrected chi connectivity index (χ4v) is 8.23. The molecule has 0 radical (unpaired) electrons. The summed E-state index contributed by atoms with van der Waals surface area (Å²) in [4.78, 5) is 44.1. The summed E-state index contributed by atoms with van der Waals surface area (Å²) < 4.78 is 0. The maximum absolute atomic E-state index is 14.5. The third-order valence-electron chi connectivity index (χ3n) is 8.93. The number of hydrogen-bond donors (Lipinski definition) is 2. The molecular formula is C38H18Cl6N6O2. The Labute approximate surface area is 326 Å². The first-order valence-corrected chi connectivity index (χ1v) is 17.4. The van der Waals surface area contributed by atoms with Crippen LogP contribution in [0, 0.1) is 22.7 Å². The van der Waals surface area contributed by atoms with Gasteiger partial charge in [0.1, 0.15) is 10.1 Å². The third-order valence-corrected chi connectivity index (χ3v) is 11.0. The van der Waals surface area contributed by atoms with E-state index in [1.54, 1.807) is 85.3 Å². The molecule has 1 aliphatic carbocycles. The van der Waals surface area contributed by atoms with E-state index in [2.05, 4.69) is 20.0 Å². The molecule has 2 atom stereocenters. The van der Waals surface area contributed by atoms with Gasteiger partial charge in [0.05, 0.1) is 43.6 Å². The molecule has 0 unspecified atom stereocenters. The summed E-state index contributed by atoms with van der Waals surface area (Å²) in [5.74, 6) is -2.15. The molecule has 0 amide bonds. The number of nitriles is 2. The Morgan fingerprint density at radius 3 is 1.25 bits per heavy atom. The Morgan fingerprint density at radius 2 is 0.942 bits per heavy atom. The Bertz CT molecular complexity index is 2330. The fraction of sp³-hybridized carbons (Fsp3) is 0.0526. The van der Waals surface area contributed by atoms with Gasteiger partial charge in [-0.25, -0.2) is 0 Å². The Hall–Kier alpha value is -4.90. The second-order valence-corrected chi connectivity index (χ2v) is 14.0. The van der Waals surface area contributed by atoms with Crippen molar-refractivity contribution in [1.29, 1.82) is 10.5 Å². The number of Topliss-reactive ketones (excluding diaryl/α,β-unsaturated/α-hetero) is 2. The number of benzene rings is 2. The summed E-state index contributed by atoms with van der Waals surface area (Å²) in [6.07, 6.45) is 10.0. The van der Waals surface area contributed by atoms with Gasteiger partial charge in [-0.3, -0.25) is 19.6 Å². The van der Waals surface area contributed by atoms with Crippen LogP contribution in [0.3, 0.4) is 0 Å². The number of carbonyl (C=O) groups excluding carboxylic acids is 2. The van der Waals surface area contributed by atoms with Gasteiger partial charge in [0.2, 0.25) is 11.6 Å². The van der Waals surface area contributed by atoms with Crippen molar-refractivity contribution in [1.82, 2.24) is 9.97 Å². The number of H-pyrrole nitrogens is 2. The highest BCUT2D eigenvalue weighted by molar-refractivity contribution is 6.58. The number of aromatic nitrogens is 2. The van der Waals surface area contributed by atoms with Gasteiger partial charge in [0.15, 0.2) is 10.8 Å². The summed E-state index contributed by atoms with van der Waals surface area (Å²) in [6, 6.07) is 20.0. The first-order valence-electron chi connectivity index (χ1n) is 15.2. The number of allylic oxidation sites excluding steroid dienone is 6. The van der Waals surface area contributed by atoms with Gasteiger partial charge < -0.3 is 9.97 Å². The van der Waals surface area contributed by atoms with Gasteiger partial charge in [-0.15, -0.1) is 0 Å². The number of ketones is 2. The fourth-order valence-electron chi connectivity index (χ4n) is 6.60. The van der Waals surface area contributed by atoms with E-state index in [4.69, 9.17) is 69.6 Å². The van der Waals surface area contributed by atoms with Crippen molar-refractivity contribution in [3.05, 3.63) is 160 Å². The van der Waals surface area contributed by atoms with E-state index in [1.165, 1.54) is 12.1 Å². The number of nitrogens with one attached hydrogen (secondary N) is 2. The van der Waals surface area contributed by atoms with Gasteiger partial charge >= 0.3 is 0 Å². The predicted molar refractivity (Wildman–Crippen MR) is 205 cm³/mol. The van der Waals surface area contributed by atoms with Crippen LogP contribution in [-0.4, -0.2) is 34.0 Å². The summed E-state index contributed by atoms with van der Waals surface area (Å²) >= 11 is 39.4. The molecule has 2 aromatic heterocycles. The molecule has 0 saturated carbocycles. The SMILES string of the molecule is N#C[C@]1(c2ccc(/C(=C3/C=CC=N3)c3c(Cl)cccc3Cl)[nH]2)C(=O)C(Cl)=C(Cl)C(=O)[C@]1(C#N)c1ccc(/C(=C2/C=CC=N2)c2c(Cl)cccc2Cl)[nH]1. The highest BCUT2D eigenvalue weighted by Gasteiger charge is 2.69. The maximum atomic E-state index is 14.5. The van der Waals surface area contributed by atoms with Crippen LogP contribution in [-0.2, 0) is 20.4 Å². The number of carbonyl (C=O) groups is 2. The number of nitrogens with zero attached hydrogens (tertiary/aromatic N) is 4. The second kappa shape index (κ2) is 13.6.